The van der Waals surface area contributed by atoms with Crippen molar-refractivity contribution in [2.75, 3.05) is 38.8 Å². The van der Waals surface area contributed by atoms with Crippen molar-refractivity contribution in [3.8, 4) is 0 Å². The molecule has 0 bridgehead atoms. The monoisotopic (exact) mass is 1450 g/mol. The molecule has 5 aromatic heterocycles. The highest BCUT2D eigenvalue weighted by molar-refractivity contribution is 6.22. The number of ether oxygens (including phenoxy) is 5. The number of hydrogen-bond donors (Lipinski definition) is 13. The smallest absolute Gasteiger partial charge is 0.351 e. The molecule has 5 aliphatic heterocycles. The molecule has 5 aromatic rings. The molecule has 95 heavy (non-hydrogen) atoms. The summed E-state index contributed by atoms with van der Waals surface area (Å²) in [6.45, 7) is 11.0. The van der Waals surface area contributed by atoms with Crippen LogP contribution in [0, 0.1) is 11.8 Å². The van der Waals surface area contributed by atoms with E-state index in [-0.39, 0.29) is 30.9 Å². The zero-order valence-electron chi connectivity index (χ0n) is 52.4. The summed E-state index contributed by atoms with van der Waals surface area (Å²) in [4.78, 5) is 115. The molecular weight excluding hydrogens is 1370 g/mol. The predicted molar refractivity (Wildman–Crippen MR) is 344 cm³/mol. The van der Waals surface area contributed by atoms with Gasteiger partial charge in [-0.05, 0) is 38.2 Å². The van der Waals surface area contributed by atoms with E-state index in [2.05, 4.69) is 24.9 Å². The van der Waals surface area contributed by atoms with Gasteiger partial charge in [0.2, 0.25) is 0 Å². The van der Waals surface area contributed by atoms with Gasteiger partial charge in [-0.1, -0.05) is 48.5 Å². The molecule has 38 heteroatoms. The van der Waals surface area contributed by atoms with Crippen LogP contribution in [0.2, 0.25) is 0 Å². The largest absolute Gasteiger partial charge is 0.393 e. The summed E-state index contributed by atoms with van der Waals surface area (Å²) in [5, 5.41) is 74.0. The molecule has 0 amide bonds. The molecule has 5 saturated heterocycles. The number of nitrogens with zero attached hydrogens (tertiary/aromatic N) is 6. The SMILES string of the molecule is CCC1(CC)O[C@@H](n2ccc(=O)[nH]c2=O)[C@H](Cl)[C@@H]1O.CC[C@]1(CO)O[C@@H](n2ccc(=O)[nH]c2=O)[C@H](Cl)[C@@H]1C.CC[C@]1(CO)O[C@@H](n2ccc(=O)[nH]c2=O)[C@H](Cl)[C@@H]1O.CC[C@]1(CO)O[C@@H](n2ccc(N)nc2=O)[C@H](Cl)[C@@H]1O.C[C@H]1[C@@H](Cl)[C@H](n2ccc(=O)[nH]c2=O)OC1(CO)CO. The van der Waals surface area contributed by atoms with Crippen LogP contribution in [0.3, 0.4) is 0 Å². The summed E-state index contributed by atoms with van der Waals surface area (Å²) in [7, 11) is 0. The van der Waals surface area contributed by atoms with Gasteiger partial charge in [0.1, 0.15) is 57.1 Å². The Morgan fingerprint density at radius 1 is 0.400 bits per heavy atom. The van der Waals surface area contributed by atoms with Gasteiger partial charge >= 0.3 is 28.4 Å². The third-order valence-corrected chi connectivity index (χ3v) is 20.8. The standard InChI is InChI=1S/2C12H17ClN2O4.C11H16ClN3O4.2C11H15ClN2O5/c1-3-12(6-16)7(2)9(13)10(19-12)15-5-4-8(17)14-11(15)18;1-3-12(4-2)9(17)8(13)10(19-12)15-6-5-7(16)14-11(15)18;1-2-11(5-16)8(17)7(12)9(19-11)15-4-3-6(13)14-10(15)18;1-6-8(12)9(19-11(6,4-15)5-16)14-3-2-7(17)13-10(14)18;1-2-11(5-15)8(17)7(12)9(19-11)14-4-3-6(16)13-10(14)18/h4-5,7,9-10,16H,3,6H2,1-2H3,(H,14,17,18);5-6,8-10,17H,3-4H2,1-2H3,(H,14,16,18);3-4,7-9,16-17H,2,5H2,1H3,(H2,13,14,18);2-3,6,8-9,15-16H,4-5H2,1H3,(H,13,17,18);3-4,7-9,15,17H,2,5H2,1H3,(H,13,16,18)/t7-,9+,10+,12+;8-,9+,10-;7-,8+,9-,11-;6-,8+,9+;7-,8+,9-,11-/m01101/s1. The van der Waals surface area contributed by atoms with Gasteiger partial charge in [0, 0.05) is 67.1 Å². The molecule has 14 N–H and O–H groups in total. The van der Waals surface area contributed by atoms with Crippen molar-refractivity contribution >= 4 is 63.8 Å². The Kier molecular flexibility index (Phi) is 26.7. The summed E-state index contributed by atoms with van der Waals surface area (Å²) in [6.07, 6.45) is 1.80. The van der Waals surface area contributed by atoms with Gasteiger partial charge < -0.3 is 70.3 Å². The average Bonchev–Trinajstić information content (AvgIpc) is 1.66. The molecule has 0 unspecified atom stereocenters. The molecular formula is C57H80Cl5N11O22. The Labute approximate surface area is 564 Å². The van der Waals surface area contributed by atoms with Crippen molar-refractivity contribution in [2.45, 2.75) is 185 Å². The molecule has 18 atom stereocenters. The van der Waals surface area contributed by atoms with E-state index in [1.165, 1.54) is 64.4 Å². The number of nitrogen functional groups attached to an aromatic ring is 1. The lowest BCUT2D eigenvalue weighted by molar-refractivity contribution is -0.134. The van der Waals surface area contributed by atoms with Crippen LogP contribution in [-0.4, -0.2) is 195 Å². The third kappa shape index (κ3) is 15.8. The molecule has 10 rings (SSSR count). The Hall–Kier alpha value is -5.67. The second-order valence-corrected chi connectivity index (χ2v) is 25.7. The summed E-state index contributed by atoms with van der Waals surface area (Å²) in [5.74, 6) is -0.393. The number of rotatable bonds is 15. The van der Waals surface area contributed by atoms with Gasteiger partial charge in [-0.25, -0.2) is 24.0 Å². The average molecular weight is 1450 g/mol. The predicted octanol–water partition coefficient (Wildman–Crippen LogP) is -1.29. The van der Waals surface area contributed by atoms with Crippen LogP contribution in [0.4, 0.5) is 5.82 Å². The maximum atomic E-state index is 11.8. The lowest BCUT2D eigenvalue weighted by Gasteiger charge is -2.29. The van der Waals surface area contributed by atoms with Crippen LogP contribution < -0.4 is 56.4 Å². The third-order valence-electron chi connectivity index (χ3n) is 18.2. The van der Waals surface area contributed by atoms with Gasteiger partial charge in [-0.3, -0.25) is 61.9 Å². The molecule has 0 aromatic carbocycles. The van der Waals surface area contributed by atoms with Crippen molar-refractivity contribution in [3.63, 3.8) is 0 Å². The van der Waals surface area contributed by atoms with Crippen molar-refractivity contribution in [1.29, 1.82) is 0 Å². The number of aliphatic hydroxyl groups excluding tert-OH is 8. The Bertz CT molecular complexity index is 3530. The van der Waals surface area contributed by atoms with Crippen LogP contribution in [0.15, 0.2) is 104 Å². The highest BCUT2D eigenvalue weighted by Crippen LogP contribution is 2.48. The molecule has 0 aliphatic carbocycles. The number of hydrogen-bond acceptors (Lipinski definition) is 24. The zero-order chi connectivity index (χ0) is 71.0. The molecule has 530 valence electrons. The van der Waals surface area contributed by atoms with E-state index in [1.807, 2.05) is 27.7 Å². The fourth-order valence-electron chi connectivity index (χ4n) is 11.6. The highest BCUT2D eigenvalue weighted by atomic mass is 35.5. The number of alkyl halides is 5. The first-order valence-electron chi connectivity index (χ1n) is 30.0. The first-order chi connectivity index (χ1) is 44.7. The van der Waals surface area contributed by atoms with Crippen LogP contribution in [-0.2, 0) is 23.7 Å². The number of aliphatic hydroxyl groups is 8. The Balaban J connectivity index is 0.000000188. The van der Waals surface area contributed by atoms with Gasteiger partial charge in [0.15, 0.2) is 31.1 Å². The fraction of sp³-hybridized carbons (Fsp3) is 0.649. The summed E-state index contributed by atoms with van der Waals surface area (Å²) in [6, 6.07) is 6.23. The number of nitrogens with two attached hydrogens (primary N) is 1. The van der Waals surface area contributed by atoms with Gasteiger partial charge in [-0.2, -0.15) is 4.98 Å². The maximum Gasteiger partial charge on any atom is 0.351 e. The summed E-state index contributed by atoms with van der Waals surface area (Å²) < 4.78 is 34.3. The van der Waals surface area contributed by atoms with Crippen molar-refractivity contribution in [3.05, 3.63) is 155 Å². The van der Waals surface area contributed by atoms with E-state index in [1.54, 1.807) is 20.8 Å². The van der Waals surface area contributed by atoms with E-state index < -0.39 is 175 Å². The minimum absolute atomic E-state index is 0.0924. The fourth-order valence-corrected chi connectivity index (χ4v) is 13.6. The number of aromatic nitrogens is 10. The van der Waals surface area contributed by atoms with Crippen LogP contribution in [0.5, 0.6) is 0 Å². The Morgan fingerprint density at radius 3 is 0.884 bits per heavy atom. The number of H-pyrrole nitrogens is 4. The van der Waals surface area contributed by atoms with Gasteiger partial charge in [0.25, 0.3) is 22.2 Å². The Morgan fingerprint density at radius 2 is 0.642 bits per heavy atom. The van der Waals surface area contributed by atoms with E-state index >= 15 is 0 Å². The minimum Gasteiger partial charge on any atom is -0.393 e. The first kappa shape index (κ1) is 78.3. The lowest BCUT2D eigenvalue weighted by Crippen LogP contribution is -2.44. The van der Waals surface area contributed by atoms with E-state index in [4.69, 9.17) is 87.4 Å². The first-order valence-corrected chi connectivity index (χ1v) is 32.2. The second kappa shape index (κ2) is 32.3. The van der Waals surface area contributed by atoms with E-state index in [0.717, 1.165) is 19.8 Å². The van der Waals surface area contributed by atoms with Crippen LogP contribution in [0.25, 0.3) is 0 Å². The maximum absolute atomic E-state index is 11.8. The van der Waals surface area contributed by atoms with Crippen molar-refractivity contribution in [2.24, 2.45) is 11.8 Å². The number of halogens is 5. The zero-order valence-corrected chi connectivity index (χ0v) is 56.2. The topological polar surface area (TPSA) is 488 Å². The highest BCUT2D eigenvalue weighted by Gasteiger charge is 2.57. The van der Waals surface area contributed by atoms with Gasteiger partial charge in [-0.15, -0.1) is 58.0 Å². The molecule has 5 fully saturated rings. The number of anilines is 1. The normalized spacial score (nSPS) is 32.6. The lowest BCUT2D eigenvalue weighted by atomic mass is 9.87. The summed E-state index contributed by atoms with van der Waals surface area (Å²) >= 11 is 30.9. The van der Waals surface area contributed by atoms with E-state index in [0.29, 0.717) is 32.1 Å². The summed E-state index contributed by atoms with van der Waals surface area (Å²) in [5.41, 5.74) is -4.80. The van der Waals surface area contributed by atoms with Gasteiger partial charge in [0.05, 0.1) is 55.0 Å². The quantitative estimate of drug-likeness (QED) is 0.0543. The van der Waals surface area contributed by atoms with Crippen molar-refractivity contribution in [1.82, 2.24) is 47.8 Å². The second-order valence-electron chi connectivity index (χ2n) is 23.2. The molecule has 0 radical (unpaired) electrons. The molecule has 0 spiro atoms. The number of nitrogens with one attached hydrogen (secondary N) is 4. The molecule has 0 saturated carbocycles. The number of aromatic amines is 4. The minimum atomic E-state index is -1.20. The molecule has 33 nitrogen and oxygen atoms in total. The van der Waals surface area contributed by atoms with E-state index in [9.17, 15) is 84.0 Å². The van der Waals surface area contributed by atoms with Crippen LogP contribution >= 0.6 is 58.0 Å². The molecule has 5 aliphatic rings. The van der Waals surface area contributed by atoms with Crippen LogP contribution in [0.1, 0.15) is 112 Å². The molecule has 10 heterocycles. The van der Waals surface area contributed by atoms with Crippen molar-refractivity contribution < 1.29 is 64.5 Å².